The van der Waals surface area contributed by atoms with Crippen molar-refractivity contribution in [3.63, 3.8) is 0 Å². The van der Waals surface area contributed by atoms with E-state index in [4.69, 9.17) is 0 Å². The van der Waals surface area contributed by atoms with Gasteiger partial charge in [0.2, 0.25) is 0 Å². The fourth-order valence-electron chi connectivity index (χ4n) is 4.44. The molecule has 7 nitrogen and oxygen atoms in total. The van der Waals surface area contributed by atoms with Crippen LogP contribution in [0.3, 0.4) is 0 Å². The van der Waals surface area contributed by atoms with Crippen LogP contribution in [0.1, 0.15) is 67.8 Å². The molecule has 0 spiro atoms. The number of hydrogen-bond donors (Lipinski definition) is 1. The van der Waals surface area contributed by atoms with E-state index in [1.54, 1.807) is 18.3 Å². The van der Waals surface area contributed by atoms with Crippen molar-refractivity contribution in [2.75, 3.05) is 5.32 Å². The van der Waals surface area contributed by atoms with Crippen molar-refractivity contribution < 1.29 is 14.4 Å². The predicted octanol–water partition coefficient (Wildman–Crippen LogP) is 5.10. The summed E-state index contributed by atoms with van der Waals surface area (Å²) in [5, 5.41) is 2.91. The minimum Gasteiger partial charge on any atom is -0.330 e. The summed E-state index contributed by atoms with van der Waals surface area (Å²) in [4.78, 5) is 44.5. The number of aromatic nitrogens is 2. The maximum atomic E-state index is 13.0. The van der Waals surface area contributed by atoms with E-state index in [9.17, 15) is 14.4 Å². The highest BCUT2D eigenvalue weighted by atomic mass is 16.2. The van der Waals surface area contributed by atoms with Gasteiger partial charge in [-0.05, 0) is 41.5 Å². The molecule has 0 unspecified atom stereocenters. The first-order valence-corrected chi connectivity index (χ1v) is 11.9. The van der Waals surface area contributed by atoms with E-state index < -0.39 is 5.91 Å². The molecule has 180 valence electrons. The predicted molar refractivity (Wildman–Crippen MR) is 137 cm³/mol. The molecule has 2 heterocycles. The Morgan fingerprint density at radius 1 is 0.861 bits per heavy atom. The van der Waals surface area contributed by atoms with Gasteiger partial charge in [0, 0.05) is 36.1 Å². The van der Waals surface area contributed by atoms with Crippen molar-refractivity contribution in [2.24, 2.45) is 0 Å². The SMILES string of the molecule is CC(C)c1nccn1Cc1cccc(NC(=O)c2ccc3c(c2)C(=O)N(Cc2ccccc2)C3=O)c1. The quantitative estimate of drug-likeness (QED) is 0.375. The second-order valence-corrected chi connectivity index (χ2v) is 9.16. The summed E-state index contributed by atoms with van der Waals surface area (Å²) >= 11 is 0. The summed E-state index contributed by atoms with van der Waals surface area (Å²) in [5.74, 6) is 0.224. The van der Waals surface area contributed by atoms with Crippen LogP contribution in [0.15, 0.2) is 85.2 Å². The van der Waals surface area contributed by atoms with Crippen LogP contribution >= 0.6 is 0 Å². The molecule has 36 heavy (non-hydrogen) atoms. The Morgan fingerprint density at radius 3 is 2.39 bits per heavy atom. The van der Waals surface area contributed by atoms with Crippen LogP contribution in [0.4, 0.5) is 5.69 Å². The molecule has 4 aromatic rings. The first-order valence-electron chi connectivity index (χ1n) is 11.9. The van der Waals surface area contributed by atoms with E-state index in [2.05, 4.69) is 28.7 Å². The van der Waals surface area contributed by atoms with Crippen LogP contribution in [-0.4, -0.2) is 32.2 Å². The van der Waals surface area contributed by atoms with E-state index in [0.717, 1.165) is 17.0 Å². The number of anilines is 1. The van der Waals surface area contributed by atoms with Gasteiger partial charge >= 0.3 is 0 Å². The standard InChI is InChI=1S/C29H26N4O3/c1-19(2)26-30-13-14-32(26)17-21-9-6-10-23(15-21)31-27(34)22-11-12-24-25(16-22)29(36)33(28(24)35)18-20-7-4-3-5-8-20/h3-16,19H,17-18H2,1-2H3,(H,31,34). The van der Waals surface area contributed by atoms with Gasteiger partial charge in [-0.1, -0.05) is 56.3 Å². The van der Waals surface area contributed by atoms with Crippen molar-refractivity contribution in [1.29, 1.82) is 0 Å². The van der Waals surface area contributed by atoms with Gasteiger partial charge in [0.05, 0.1) is 17.7 Å². The average molecular weight is 479 g/mol. The number of nitrogens with one attached hydrogen (secondary N) is 1. The van der Waals surface area contributed by atoms with E-state index in [1.807, 2.05) is 60.8 Å². The highest BCUT2D eigenvalue weighted by Crippen LogP contribution is 2.26. The molecule has 1 aliphatic heterocycles. The summed E-state index contributed by atoms with van der Waals surface area (Å²) in [6.45, 7) is 5.04. The molecule has 1 N–H and O–H groups in total. The van der Waals surface area contributed by atoms with Gasteiger partial charge < -0.3 is 9.88 Å². The lowest BCUT2D eigenvalue weighted by Crippen LogP contribution is -2.29. The summed E-state index contributed by atoms with van der Waals surface area (Å²) < 4.78 is 2.09. The van der Waals surface area contributed by atoms with Crippen molar-refractivity contribution >= 4 is 23.4 Å². The maximum Gasteiger partial charge on any atom is 0.261 e. The van der Waals surface area contributed by atoms with Gasteiger partial charge in [0.25, 0.3) is 17.7 Å². The molecule has 5 rings (SSSR count). The summed E-state index contributed by atoms with van der Waals surface area (Å²) in [6, 6.07) is 21.6. The van der Waals surface area contributed by atoms with Gasteiger partial charge in [-0.2, -0.15) is 0 Å². The van der Waals surface area contributed by atoms with Gasteiger partial charge in [-0.25, -0.2) is 4.98 Å². The third-order valence-electron chi connectivity index (χ3n) is 6.22. The van der Waals surface area contributed by atoms with Gasteiger partial charge in [-0.3, -0.25) is 19.3 Å². The molecule has 7 heteroatoms. The number of imide groups is 1. The smallest absolute Gasteiger partial charge is 0.261 e. The van der Waals surface area contributed by atoms with Gasteiger partial charge in [0.15, 0.2) is 0 Å². The zero-order valence-electron chi connectivity index (χ0n) is 20.1. The fraction of sp³-hybridized carbons (Fsp3) is 0.172. The number of amides is 3. The van der Waals surface area contributed by atoms with E-state index in [0.29, 0.717) is 29.3 Å². The number of rotatable bonds is 7. The minimum absolute atomic E-state index is 0.191. The van der Waals surface area contributed by atoms with Crippen LogP contribution < -0.4 is 5.32 Å². The van der Waals surface area contributed by atoms with Crippen LogP contribution in [-0.2, 0) is 13.1 Å². The number of benzene rings is 3. The summed E-state index contributed by atoms with van der Waals surface area (Å²) in [6.07, 6.45) is 3.74. The largest absolute Gasteiger partial charge is 0.330 e. The molecular weight excluding hydrogens is 452 g/mol. The topological polar surface area (TPSA) is 84.3 Å². The lowest BCUT2D eigenvalue weighted by Gasteiger charge is -2.13. The normalized spacial score (nSPS) is 12.8. The molecular formula is C29H26N4O3. The second-order valence-electron chi connectivity index (χ2n) is 9.16. The number of nitrogens with zero attached hydrogens (tertiary/aromatic N) is 3. The number of hydrogen-bond acceptors (Lipinski definition) is 4. The van der Waals surface area contributed by atoms with Crippen molar-refractivity contribution in [3.05, 3.63) is 119 Å². The van der Waals surface area contributed by atoms with E-state index >= 15 is 0 Å². The first-order chi connectivity index (χ1) is 17.4. The van der Waals surface area contributed by atoms with Crippen LogP contribution in [0.25, 0.3) is 0 Å². The Hall–Kier alpha value is -4.52. The second kappa shape index (κ2) is 9.62. The molecule has 0 radical (unpaired) electrons. The van der Waals surface area contributed by atoms with Gasteiger partial charge in [-0.15, -0.1) is 0 Å². The molecule has 1 aromatic heterocycles. The third kappa shape index (κ3) is 4.55. The van der Waals surface area contributed by atoms with Crippen LogP contribution in [0.5, 0.6) is 0 Å². The molecule has 3 amide bonds. The lowest BCUT2D eigenvalue weighted by molar-refractivity contribution is 0.0642. The third-order valence-corrected chi connectivity index (χ3v) is 6.22. The Morgan fingerprint density at radius 2 is 1.61 bits per heavy atom. The first kappa shape index (κ1) is 23.2. The number of imidazole rings is 1. The van der Waals surface area contributed by atoms with Crippen LogP contribution in [0, 0.1) is 0 Å². The Bertz CT molecular complexity index is 1460. The molecule has 1 aliphatic rings. The lowest BCUT2D eigenvalue weighted by atomic mass is 10.1. The Labute approximate surface area is 209 Å². The molecule has 0 aliphatic carbocycles. The van der Waals surface area contributed by atoms with Gasteiger partial charge in [0.1, 0.15) is 5.82 Å². The fourth-order valence-corrected chi connectivity index (χ4v) is 4.44. The molecule has 0 atom stereocenters. The maximum absolute atomic E-state index is 13.0. The zero-order chi connectivity index (χ0) is 25.2. The summed E-state index contributed by atoms with van der Waals surface area (Å²) in [5.41, 5.74) is 3.42. The average Bonchev–Trinajstić information content (AvgIpc) is 3.43. The number of carbonyl (C=O) groups is 3. The van der Waals surface area contributed by atoms with Crippen molar-refractivity contribution in [2.45, 2.75) is 32.9 Å². The minimum atomic E-state index is -0.392. The monoisotopic (exact) mass is 478 g/mol. The Kier molecular flexibility index (Phi) is 6.21. The number of carbonyl (C=O) groups excluding carboxylic acids is 3. The summed E-state index contributed by atoms with van der Waals surface area (Å²) in [7, 11) is 0. The highest BCUT2D eigenvalue weighted by Gasteiger charge is 2.36. The van der Waals surface area contributed by atoms with Crippen molar-refractivity contribution in [3.8, 4) is 0 Å². The molecule has 0 fully saturated rings. The van der Waals surface area contributed by atoms with Crippen LogP contribution in [0.2, 0.25) is 0 Å². The molecule has 0 saturated carbocycles. The molecule has 0 saturated heterocycles. The van der Waals surface area contributed by atoms with Crippen molar-refractivity contribution in [1.82, 2.24) is 14.5 Å². The van der Waals surface area contributed by atoms with E-state index in [1.165, 1.54) is 11.0 Å². The Balaban J connectivity index is 1.31. The highest BCUT2D eigenvalue weighted by molar-refractivity contribution is 6.22. The molecule has 3 aromatic carbocycles. The zero-order valence-corrected chi connectivity index (χ0v) is 20.1. The van der Waals surface area contributed by atoms with E-state index in [-0.39, 0.29) is 23.9 Å². The number of fused-ring (bicyclic) bond motifs is 1. The molecule has 0 bridgehead atoms.